The lowest BCUT2D eigenvalue weighted by Crippen LogP contribution is -2.47. The Morgan fingerprint density at radius 1 is 0.974 bits per heavy atom. The lowest BCUT2D eigenvalue weighted by Gasteiger charge is -2.39. The minimum Gasteiger partial charge on any atom is -0.487 e. The molecule has 0 saturated carbocycles. The fourth-order valence-electron chi connectivity index (χ4n) is 5.53. The molecule has 0 fully saturated rings. The molecule has 0 spiro atoms. The summed E-state index contributed by atoms with van der Waals surface area (Å²) in [5.41, 5.74) is -0.365. The minimum atomic E-state index is -1.75. The number of ether oxygens (including phenoxy) is 6. The Morgan fingerprint density at radius 2 is 1.72 bits per heavy atom. The van der Waals surface area contributed by atoms with Crippen molar-refractivity contribution in [3.8, 4) is 17.2 Å². The topological polar surface area (TPSA) is 124 Å². The highest BCUT2D eigenvalue weighted by molar-refractivity contribution is 6.38. The largest absolute Gasteiger partial charge is 0.487 e. The van der Waals surface area contributed by atoms with E-state index >= 15 is 0 Å². The van der Waals surface area contributed by atoms with Gasteiger partial charge in [-0.05, 0) is 36.1 Å². The van der Waals surface area contributed by atoms with Crippen LogP contribution >= 0.6 is 0 Å². The van der Waals surface area contributed by atoms with Crippen molar-refractivity contribution in [2.24, 2.45) is 11.8 Å². The number of methoxy groups -OCH3 is 2. The molecule has 0 radical (unpaired) electrons. The van der Waals surface area contributed by atoms with Crippen LogP contribution in [0.15, 0.2) is 48.0 Å². The van der Waals surface area contributed by atoms with Gasteiger partial charge in [-0.25, -0.2) is 14.4 Å². The number of rotatable bonds is 5. The number of carbonyl (C=O) groups is 4. The first-order chi connectivity index (χ1) is 18.7. The number of benzene rings is 2. The van der Waals surface area contributed by atoms with Crippen LogP contribution in [0, 0.1) is 11.8 Å². The van der Waals surface area contributed by atoms with Gasteiger partial charge in [0, 0.05) is 23.1 Å². The summed E-state index contributed by atoms with van der Waals surface area (Å²) in [5.74, 6) is -2.99. The molecule has 10 heteroatoms. The van der Waals surface area contributed by atoms with Crippen LogP contribution < -0.4 is 14.2 Å². The summed E-state index contributed by atoms with van der Waals surface area (Å²) in [6.45, 7) is 3.46. The van der Waals surface area contributed by atoms with Crippen molar-refractivity contribution in [1.82, 2.24) is 0 Å². The summed E-state index contributed by atoms with van der Waals surface area (Å²) in [6.07, 6.45) is 0.574. The third-order valence-corrected chi connectivity index (χ3v) is 7.78. The van der Waals surface area contributed by atoms with E-state index in [0.717, 1.165) is 7.11 Å². The number of fused-ring (bicyclic) bond motifs is 2. The van der Waals surface area contributed by atoms with Gasteiger partial charge in [-0.2, -0.15) is 0 Å². The van der Waals surface area contributed by atoms with E-state index in [0.29, 0.717) is 22.4 Å². The van der Waals surface area contributed by atoms with Gasteiger partial charge in [0.2, 0.25) is 12.5 Å². The Morgan fingerprint density at radius 3 is 2.41 bits per heavy atom. The van der Waals surface area contributed by atoms with E-state index in [4.69, 9.17) is 28.4 Å². The van der Waals surface area contributed by atoms with Crippen LogP contribution in [-0.4, -0.2) is 51.3 Å². The lowest BCUT2D eigenvalue weighted by molar-refractivity contribution is -0.154. The zero-order valence-corrected chi connectivity index (χ0v) is 22.0. The van der Waals surface area contributed by atoms with Crippen LogP contribution in [-0.2, 0) is 34.0 Å². The van der Waals surface area contributed by atoms with E-state index in [2.05, 4.69) is 0 Å². The fourth-order valence-corrected chi connectivity index (χ4v) is 5.53. The predicted octanol–water partition coefficient (Wildman–Crippen LogP) is 3.46. The Hall–Kier alpha value is -4.34. The highest BCUT2D eigenvalue weighted by atomic mass is 16.7. The number of ketones is 1. The highest BCUT2D eigenvalue weighted by Gasteiger charge is 2.58. The molecule has 2 heterocycles. The standard InChI is InChI=1S/C29H28O10/c1-15-10-18(11-21(30)34-3)29(26(31)28(33)35-4)13-36-25-22(29)19(12-20-24(25)38-14-37-20)23(16(15)2)39-27(32)17-8-6-5-7-9-17/h5-9,11-12,15-16,23H,10,13-14H2,1-4H3/b18-11-/t15-,16+,23-,29+/m0/s1. The van der Waals surface area contributed by atoms with Gasteiger partial charge in [0.1, 0.15) is 18.1 Å². The number of hydrogen-bond donors (Lipinski definition) is 0. The monoisotopic (exact) mass is 536 g/mol. The Balaban J connectivity index is 1.79. The average Bonchev–Trinajstić information content (AvgIpc) is 3.59. The van der Waals surface area contributed by atoms with Crippen LogP contribution in [0.1, 0.15) is 47.9 Å². The molecule has 204 valence electrons. The Kier molecular flexibility index (Phi) is 6.80. The maximum Gasteiger partial charge on any atom is 0.375 e. The predicted molar refractivity (Wildman–Crippen MR) is 134 cm³/mol. The smallest absolute Gasteiger partial charge is 0.375 e. The van der Waals surface area contributed by atoms with E-state index in [1.54, 1.807) is 36.4 Å². The first kappa shape index (κ1) is 26.3. The minimum absolute atomic E-state index is 0.0855. The van der Waals surface area contributed by atoms with Crippen molar-refractivity contribution in [3.63, 3.8) is 0 Å². The molecule has 0 N–H and O–H groups in total. The quantitative estimate of drug-likeness (QED) is 0.243. The van der Waals surface area contributed by atoms with Crippen LogP contribution in [0.25, 0.3) is 0 Å². The van der Waals surface area contributed by atoms with E-state index in [9.17, 15) is 19.2 Å². The fraction of sp³-hybridized carbons (Fsp3) is 0.379. The second-order valence-electron chi connectivity index (χ2n) is 9.84. The molecule has 1 aliphatic carbocycles. The van der Waals surface area contributed by atoms with Crippen LogP contribution in [0.5, 0.6) is 17.2 Å². The first-order valence-electron chi connectivity index (χ1n) is 12.5. The highest BCUT2D eigenvalue weighted by Crippen LogP contribution is 2.59. The van der Waals surface area contributed by atoms with E-state index in [1.165, 1.54) is 13.2 Å². The van der Waals surface area contributed by atoms with E-state index in [1.807, 2.05) is 13.8 Å². The van der Waals surface area contributed by atoms with Gasteiger partial charge in [0.15, 0.2) is 11.5 Å². The second-order valence-corrected chi connectivity index (χ2v) is 9.84. The molecule has 5 rings (SSSR count). The summed E-state index contributed by atoms with van der Waals surface area (Å²) in [4.78, 5) is 52.6. The average molecular weight is 537 g/mol. The van der Waals surface area contributed by atoms with Gasteiger partial charge >= 0.3 is 17.9 Å². The zero-order valence-electron chi connectivity index (χ0n) is 22.0. The molecular weight excluding hydrogens is 508 g/mol. The molecule has 10 nitrogen and oxygen atoms in total. The van der Waals surface area contributed by atoms with Gasteiger partial charge < -0.3 is 28.4 Å². The maximum absolute atomic E-state index is 13.9. The number of carbonyl (C=O) groups excluding carboxylic acids is 4. The van der Waals surface area contributed by atoms with Crippen LogP contribution in [0.3, 0.4) is 0 Å². The number of esters is 3. The Labute approximate surface area is 224 Å². The van der Waals surface area contributed by atoms with Gasteiger partial charge in [0.25, 0.3) is 5.78 Å². The van der Waals surface area contributed by atoms with Gasteiger partial charge in [0.05, 0.1) is 19.8 Å². The van der Waals surface area contributed by atoms with Gasteiger partial charge in [-0.15, -0.1) is 0 Å². The summed E-state index contributed by atoms with van der Waals surface area (Å²) in [6, 6.07) is 10.2. The van der Waals surface area contributed by atoms with Crippen molar-refractivity contribution in [2.45, 2.75) is 31.8 Å². The van der Waals surface area contributed by atoms with Gasteiger partial charge in [-0.1, -0.05) is 32.0 Å². The molecule has 39 heavy (non-hydrogen) atoms. The molecule has 2 aliphatic heterocycles. The van der Waals surface area contributed by atoms with Crippen molar-refractivity contribution < 1.29 is 47.6 Å². The van der Waals surface area contributed by atoms with E-state index < -0.39 is 35.2 Å². The first-order valence-corrected chi connectivity index (χ1v) is 12.5. The molecule has 0 saturated heterocycles. The van der Waals surface area contributed by atoms with Crippen LogP contribution in [0.4, 0.5) is 0 Å². The molecule has 2 aromatic carbocycles. The second kappa shape index (κ2) is 10.1. The third kappa shape index (κ3) is 4.20. The van der Waals surface area contributed by atoms with Crippen molar-refractivity contribution >= 4 is 23.7 Å². The molecule has 2 aromatic rings. The Bertz CT molecular complexity index is 1380. The molecular formula is C29H28O10. The van der Waals surface area contributed by atoms with Crippen molar-refractivity contribution in [3.05, 3.63) is 64.7 Å². The third-order valence-electron chi connectivity index (χ3n) is 7.78. The summed E-state index contributed by atoms with van der Waals surface area (Å²) < 4.78 is 33.3. The SMILES string of the molecule is COC(=O)/C=C1/C[C@H](C)[C@@H](C)[C@H](OC(=O)c2ccccc2)c2cc3c(c4c2[C@@]1(C(=O)C(=O)OC)CO4)OCO3. The number of hydrogen-bond acceptors (Lipinski definition) is 10. The van der Waals surface area contributed by atoms with E-state index in [-0.39, 0.29) is 48.7 Å². The summed E-state index contributed by atoms with van der Waals surface area (Å²) >= 11 is 0. The summed E-state index contributed by atoms with van der Waals surface area (Å²) in [7, 11) is 2.33. The zero-order chi connectivity index (χ0) is 27.9. The lowest BCUT2D eigenvalue weighted by atomic mass is 9.63. The van der Waals surface area contributed by atoms with Gasteiger partial charge in [-0.3, -0.25) is 4.79 Å². The summed E-state index contributed by atoms with van der Waals surface area (Å²) in [5, 5.41) is 0. The normalized spacial score (nSPS) is 25.5. The van der Waals surface area contributed by atoms with Crippen molar-refractivity contribution in [2.75, 3.05) is 27.6 Å². The molecule has 0 bridgehead atoms. The maximum atomic E-state index is 13.9. The molecule has 4 atom stereocenters. The molecule has 0 aromatic heterocycles. The van der Waals surface area contributed by atoms with Crippen LogP contribution in [0.2, 0.25) is 0 Å². The molecule has 0 amide bonds. The number of Topliss-reactive ketones (excluding diaryl/α,β-unsaturated/α-hetero) is 1. The molecule has 3 aliphatic rings. The van der Waals surface area contributed by atoms with Crippen molar-refractivity contribution in [1.29, 1.82) is 0 Å². The molecule has 0 unspecified atom stereocenters.